The molecule has 0 radical (unpaired) electrons. The van der Waals surface area contributed by atoms with E-state index in [4.69, 9.17) is 26.3 Å². The molecule has 0 aromatic heterocycles. The van der Waals surface area contributed by atoms with Gasteiger partial charge in [-0.15, -0.1) is 0 Å². The zero-order chi connectivity index (χ0) is 13.1. The molecule has 0 heterocycles. The normalized spacial score (nSPS) is 10.3. The van der Waals surface area contributed by atoms with E-state index in [1.54, 1.807) is 25.0 Å². The average Bonchev–Trinajstić information content (AvgIpc) is 2.02. The molecule has 0 bridgehead atoms. The van der Waals surface area contributed by atoms with Gasteiger partial charge < -0.3 is 0 Å². The van der Waals surface area contributed by atoms with Gasteiger partial charge >= 0.3 is 56.7 Å². The van der Waals surface area contributed by atoms with E-state index >= 15 is 0 Å². The van der Waals surface area contributed by atoms with E-state index in [1.807, 2.05) is 0 Å². The molecule has 0 aromatic carbocycles. The Morgan fingerprint density at radius 3 is 1.00 bits per heavy atom. The zero-order valence-corrected chi connectivity index (χ0v) is 16.4. The first-order valence-electron chi connectivity index (χ1n) is 4.50. The molecule has 2 N–H and O–H groups in total. The van der Waals surface area contributed by atoms with Crippen LogP contribution in [0.5, 0.6) is 0 Å². The fourth-order valence-corrected chi connectivity index (χ4v) is 1.68. The van der Waals surface area contributed by atoms with Crippen LogP contribution in [-0.4, -0.2) is 49.6 Å². The third-order valence-corrected chi connectivity index (χ3v) is 14.1. The third kappa shape index (κ3) is 49.8. The standard InChI is InChI=1S/2C2H6OS.2C2H5.2ClH.Sn/c2*1-4(2)3;2*1-2;;;/h2*1-2H3;2*1H2,2H3;2*1H;/q;;;;;;+2. The number of halogens is 2. The summed E-state index contributed by atoms with van der Waals surface area (Å²) in [5.41, 5.74) is 0. The second-order valence-corrected chi connectivity index (χ2v) is 26.1. The maximum absolute atomic E-state index is 8.08. The summed E-state index contributed by atoms with van der Waals surface area (Å²) in [7, 11) is 11.0. The second-order valence-electron chi connectivity index (χ2n) is 3.11. The summed E-state index contributed by atoms with van der Waals surface area (Å²) >= 11 is -2.34. The Morgan fingerprint density at radius 2 is 1.00 bits per heavy atom. The van der Waals surface area contributed by atoms with Gasteiger partial charge in [0.25, 0.3) is 0 Å². The maximum atomic E-state index is 8.08. The van der Waals surface area contributed by atoms with Crippen LogP contribution in [0.15, 0.2) is 0 Å². The van der Waals surface area contributed by atoms with E-state index in [1.165, 1.54) is 0 Å². The Morgan fingerprint density at radius 1 is 0.867 bits per heavy atom. The van der Waals surface area contributed by atoms with Crippen molar-refractivity contribution in [3.8, 4) is 0 Å². The summed E-state index contributed by atoms with van der Waals surface area (Å²) in [6.07, 6.45) is 7.00. The van der Waals surface area contributed by atoms with E-state index in [-0.39, 0.29) is 21.6 Å². The molecule has 0 saturated heterocycles. The predicted octanol–water partition coefficient (Wildman–Crippen LogP) is 3.25. The van der Waals surface area contributed by atoms with Gasteiger partial charge in [0.1, 0.15) is 0 Å². The Bertz CT molecular complexity index is 163. The van der Waals surface area contributed by atoms with Crippen molar-refractivity contribution in [3.63, 3.8) is 0 Å². The van der Waals surface area contributed by atoms with Crippen LogP contribution in [0, 0.1) is 0 Å². The molecular weight excluding hydrogens is 382 g/mol. The molecule has 7 heteroatoms. The Kier molecular flexibility index (Phi) is 20.1. The van der Waals surface area contributed by atoms with Crippen molar-refractivity contribution < 1.29 is 8.42 Å². The molecule has 0 aliphatic carbocycles. The van der Waals surface area contributed by atoms with Crippen molar-refractivity contribution >= 4 is 55.6 Å². The number of rotatable bonds is 2. The first-order valence-corrected chi connectivity index (χ1v) is 19.8. The van der Waals surface area contributed by atoms with Crippen molar-refractivity contribution in [2.75, 3.05) is 25.0 Å². The van der Waals surface area contributed by atoms with E-state index in [9.17, 15) is 0 Å². The summed E-state index contributed by atoms with van der Waals surface area (Å²) in [4.78, 5) is 0. The van der Waals surface area contributed by atoms with Gasteiger partial charge in [-0.25, -0.2) is 0 Å². The first kappa shape index (κ1) is 21.9. The monoisotopic (exact) mass is 406 g/mol. The third-order valence-electron chi connectivity index (χ3n) is 1.03. The molecule has 0 saturated carbocycles. The van der Waals surface area contributed by atoms with Crippen molar-refractivity contribution in [2.45, 2.75) is 22.7 Å². The van der Waals surface area contributed by atoms with Gasteiger partial charge in [-0.05, 0) is 0 Å². The van der Waals surface area contributed by atoms with Crippen molar-refractivity contribution in [1.29, 1.82) is 0 Å². The number of hydrogen-bond donors (Lipinski definition) is 0. The van der Waals surface area contributed by atoms with Crippen LogP contribution in [0.4, 0.5) is 0 Å². The van der Waals surface area contributed by atoms with Crippen molar-refractivity contribution in [2.24, 2.45) is 0 Å². The topological polar surface area (TPSA) is 42.8 Å². The molecule has 0 aromatic rings. The van der Waals surface area contributed by atoms with Crippen LogP contribution in [0.2, 0.25) is 8.87 Å². The number of hydrogen-bond acceptors (Lipinski definition) is 0. The Labute approximate surface area is 111 Å². The summed E-state index contributed by atoms with van der Waals surface area (Å²) < 4.78 is 18.2. The van der Waals surface area contributed by atoms with Crippen LogP contribution in [0.3, 0.4) is 0 Å². The molecule has 0 aliphatic heterocycles. The van der Waals surface area contributed by atoms with Crippen LogP contribution >= 0.6 is 17.8 Å². The molecule has 0 rings (SSSR count). The molecule has 0 spiro atoms. The summed E-state index contributed by atoms with van der Waals surface area (Å²) in [6, 6.07) is 0. The van der Waals surface area contributed by atoms with Gasteiger partial charge in [-0.2, -0.15) is 0 Å². The minimum absolute atomic E-state index is 0.361. The fraction of sp³-hybridized carbons (Fsp3) is 1.00. The molecule has 96 valence electrons. The average molecular weight is 406 g/mol. The minimum atomic E-state index is -2.34. The SMILES string of the molecule is CS(C)=[OH+].CS(C)=[OH+].C[CH2][Sn]([Cl])([Cl])[CH2]C. The fourth-order valence-electron chi connectivity index (χ4n) is 0.250. The van der Waals surface area contributed by atoms with Gasteiger partial charge in [-0.3, -0.25) is 8.42 Å². The van der Waals surface area contributed by atoms with Gasteiger partial charge in [0.15, 0.2) is 21.6 Å². The predicted molar refractivity (Wildman–Crippen MR) is 80.7 cm³/mol. The van der Waals surface area contributed by atoms with E-state index in [2.05, 4.69) is 13.8 Å². The second kappa shape index (κ2) is 13.7. The summed E-state index contributed by atoms with van der Waals surface area (Å²) in [5, 5.41) is 0. The molecule has 0 unspecified atom stereocenters. The van der Waals surface area contributed by atoms with Crippen molar-refractivity contribution in [1.82, 2.24) is 0 Å². The van der Waals surface area contributed by atoms with E-state index in [0.29, 0.717) is 0 Å². The van der Waals surface area contributed by atoms with Gasteiger partial charge in [-0.1, -0.05) is 0 Å². The zero-order valence-electron chi connectivity index (χ0n) is 10.4. The molecule has 0 atom stereocenters. The molecule has 0 aliphatic rings. The van der Waals surface area contributed by atoms with Gasteiger partial charge in [0.2, 0.25) is 0 Å². The molecule has 0 fully saturated rings. The van der Waals surface area contributed by atoms with Gasteiger partial charge in [0, 0.05) is 0 Å². The van der Waals surface area contributed by atoms with Crippen molar-refractivity contribution in [3.05, 3.63) is 0 Å². The summed E-state index contributed by atoms with van der Waals surface area (Å²) in [6.45, 7) is 4.14. The molecule has 0 amide bonds. The summed E-state index contributed by atoms with van der Waals surface area (Å²) in [5.74, 6) is 0. The Balaban J connectivity index is -0.000000155. The van der Waals surface area contributed by atoms with E-state index in [0.717, 1.165) is 8.87 Å². The van der Waals surface area contributed by atoms with Crippen LogP contribution in [0.1, 0.15) is 13.8 Å². The Hall–Kier alpha value is 1.68. The molecular formula is C8H24Cl2O2S2Sn+2. The first-order chi connectivity index (χ1) is 6.59. The molecule has 2 nitrogen and oxygen atoms in total. The molecule has 15 heavy (non-hydrogen) atoms. The quantitative estimate of drug-likeness (QED) is 0.500. The van der Waals surface area contributed by atoms with Crippen LogP contribution in [-0.2, 0) is 21.6 Å². The van der Waals surface area contributed by atoms with Gasteiger partial charge in [0.05, 0.1) is 25.0 Å². The van der Waals surface area contributed by atoms with Crippen LogP contribution in [0.25, 0.3) is 0 Å². The van der Waals surface area contributed by atoms with Crippen LogP contribution < -0.4 is 0 Å². The van der Waals surface area contributed by atoms with E-state index < -0.39 is 16.1 Å².